The van der Waals surface area contributed by atoms with E-state index in [4.69, 9.17) is 0 Å². The van der Waals surface area contributed by atoms with Crippen molar-refractivity contribution in [3.05, 3.63) is 52.7 Å². The number of benzene rings is 1. The predicted octanol–water partition coefficient (Wildman–Crippen LogP) is 0.911. The number of hydrogen-bond donors (Lipinski definition) is 1. The predicted molar refractivity (Wildman–Crippen MR) is 61.5 cm³/mol. The van der Waals surface area contributed by atoms with E-state index in [1.54, 1.807) is 25.1 Å². The first-order chi connectivity index (χ1) is 8.01. The van der Waals surface area contributed by atoms with Crippen LogP contribution >= 0.6 is 0 Å². The number of H-pyrrole nitrogens is 1. The second kappa shape index (κ2) is 4.14. The van der Waals surface area contributed by atoms with Crippen molar-refractivity contribution < 1.29 is 8.42 Å². The van der Waals surface area contributed by atoms with E-state index in [0.29, 0.717) is 5.82 Å². The van der Waals surface area contributed by atoms with E-state index in [1.165, 1.54) is 12.1 Å². The van der Waals surface area contributed by atoms with Crippen molar-refractivity contribution in [3.8, 4) is 0 Å². The maximum absolute atomic E-state index is 12.1. The minimum atomic E-state index is -3.79. The Morgan fingerprint density at radius 2 is 1.82 bits per heavy atom. The zero-order valence-electron chi connectivity index (χ0n) is 9.04. The van der Waals surface area contributed by atoms with Crippen LogP contribution in [-0.4, -0.2) is 18.4 Å². The molecule has 1 N–H and O–H groups in total. The average molecular weight is 250 g/mol. The molecule has 0 radical (unpaired) electrons. The quantitative estimate of drug-likeness (QED) is 0.859. The monoisotopic (exact) mass is 250 g/mol. The van der Waals surface area contributed by atoms with Gasteiger partial charge in [0.2, 0.25) is 9.84 Å². The third-order valence-electron chi connectivity index (χ3n) is 2.24. The first kappa shape index (κ1) is 11.5. The van der Waals surface area contributed by atoms with Gasteiger partial charge < -0.3 is 4.98 Å². The summed E-state index contributed by atoms with van der Waals surface area (Å²) in [7, 11) is -3.79. The van der Waals surface area contributed by atoms with Crippen molar-refractivity contribution >= 4 is 9.84 Å². The molecule has 0 unspecified atom stereocenters. The van der Waals surface area contributed by atoms with Crippen LogP contribution in [0.4, 0.5) is 0 Å². The second-order valence-electron chi connectivity index (χ2n) is 3.48. The summed E-state index contributed by atoms with van der Waals surface area (Å²) in [5.74, 6) is 0.377. The highest BCUT2D eigenvalue weighted by molar-refractivity contribution is 7.91. The highest BCUT2D eigenvalue weighted by Gasteiger charge is 2.21. The van der Waals surface area contributed by atoms with Crippen LogP contribution in [0.1, 0.15) is 5.82 Å². The Bertz CT molecular complexity index is 690. The van der Waals surface area contributed by atoms with Gasteiger partial charge in [-0.3, -0.25) is 4.79 Å². The van der Waals surface area contributed by atoms with Gasteiger partial charge in [-0.15, -0.1) is 0 Å². The molecular weight excluding hydrogens is 240 g/mol. The van der Waals surface area contributed by atoms with Crippen molar-refractivity contribution in [2.45, 2.75) is 16.7 Å². The molecule has 0 bridgehead atoms. The van der Waals surface area contributed by atoms with E-state index in [1.807, 2.05) is 0 Å². The fourth-order valence-electron chi connectivity index (χ4n) is 1.39. The zero-order chi connectivity index (χ0) is 12.5. The summed E-state index contributed by atoms with van der Waals surface area (Å²) >= 11 is 0. The SMILES string of the molecule is Cc1ncc(S(=O)(=O)c2ccccc2)c(=O)[nH]1. The van der Waals surface area contributed by atoms with E-state index in [0.717, 1.165) is 6.20 Å². The Morgan fingerprint density at radius 1 is 1.18 bits per heavy atom. The number of nitrogens with zero attached hydrogens (tertiary/aromatic N) is 1. The molecular formula is C11H10N2O3S. The Balaban J connectivity index is 2.65. The lowest BCUT2D eigenvalue weighted by atomic mass is 10.4. The lowest BCUT2D eigenvalue weighted by Gasteiger charge is -2.03. The highest BCUT2D eigenvalue weighted by atomic mass is 32.2. The number of aromatic nitrogens is 2. The molecule has 1 aromatic heterocycles. The van der Waals surface area contributed by atoms with Crippen LogP contribution in [0, 0.1) is 6.92 Å². The van der Waals surface area contributed by atoms with Crippen molar-refractivity contribution in [2.75, 3.05) is 0 Å². The third kappa shape index (κ3) is 2.12. The standard InChI is InChI=1S/C11H10N2O3S/c1-8-12-7-10(11(14)13-8)17(15,16)9-5-3-2-4-6-9/h2-7H,1H3,(H,12,13,14). The smallest absolute Gasteiger partial charge is 0.270 e. The van der Waals surface area contributed by atoms with Crippen molar-refractivity contribution in [3.63, 3.8) is 0 Å². The second-order valence-corrected chi connectivity index (χ2v) is 5.40. The molecule has 88 valence electrons. The molecule has 6 heteroatoms. The summed E-state index contributed by atoms with van der Waals surface area (Å²) in [5.41, 5.74) is -0.652. The molecule has 0 spiro atoms. The van der Waals surface area contributed by atoms with Crippen LogP contribution in [0.15, 0.2) is 51.1 Å². The molecule has 2 rings (SSSR count). The van der Waals surface area contributed by atoms with E-state index < -0.39 is 15.4 Å². The molecule has 0 aliphatic carbocycles. The van der Waals surface area contributed by atoms with E-state index in [2.05, 4.69) is 9.97 Å². The minimum Gasteiger partial charge on any atom is -0.310 e. The van der Waals surface area contributed by atoms with Gasteiger partial charge >= 0.3 is 0 Å². The first-order valence-electron chi connectivity index (χ1n) is 4.88. The average Bonchev–Trinajstić information content (AvgIpc) is 2.29. The fourth-order valence-corrected chi connectivity index (χ4v) is 2.65. The number of aromatic amines is 1. The van der Waals surface area contributed by atoms with Gasteiger partial charge in [0, 0.05) is 0 Å². The summed E-state index contributed by atoms with van der Waals surface area (Å²) in [5, 5.41) is 0. The Kier molecular flexibility index (Phi) is 2.81. The summed E-state index contributed by atoms with van der Waals surface area (Å²) in [6, 6.07) is 7.78. The maximum atomic E-state index is 12.1. The maximum Gasteiger partial charge on any atom is 0.270 e. The molecule has 0 atom stereocenters. The molecule has 2 aromatic rings. The van der Waals surface area contributed by atoms with Crippen LogP contribution < -0.4 is 5.56 Å². The van der Waals surface area contributed by atoms with Gasteiger partial charge in [0.25, 0.3) is 5.56 Å². The molecule has 17 heavy (non-hydrogen) atoms. The molecule has 5 nitrogen and oxygen atoms in total. The zero-order valence-corrected chi connectivity index (χ0v) is 9.86. The normalized spacial score (nSPS) is 11.4. The van der Waals surface area contributed by atoms with Crippen molar-refractivity contribution in [2.24, 2.45) is 0 Å². The molecule has 0 fully saturated rings. The van der Waals surface area contributed by atoms with E-state index >= 15 is 0 Å². The number of hydrogen-bond acceptors (Lipinski definition) is 4. The molecule has 0 saturated carbocycles. The highest BCUT2D eigenvalue weighted by Crippen LogP contribution is 2.16. The number of nitrogens with one attached hydrogen (secondary N) is 1. The van der Waals surface area contributed by atoms with Crippen LogP contribution in [0.2, 0.25) is 0 Å². The molecule has 0 aliphatic rings. The van der Waals surface area contributed by atoms with Gasteiger partial charge in [0.05, 0.1) is 11.1 Å². The summed E-state index contributed by atoms with van der Waals surface area (Å²) < 4.78 is 24.2. The lowest BCUT2D eigenvalue weighted by Crippen LogP contribution is -2.19. The van der Waals surface area contributed by atoms with Gasteiger partial charge in [-0.25, -0.2) is 13.4 Å². The van der Waals surface area contributed by atoms with Gasteiger partial charge in [0.15, 0.2) is 4.90 Å². The van der Waals surface area contributed by atoms with Gasteiger partial charge in [0.1, 0.15) is 5.82 Å². The van der Waals surface area contributed by atoms with Crippen LogP contribution in [0.25, 0.3) is 0 Å². The molecule has 0 amide bonds. The molecule has 1 aromatic carbocycles. The lowest BCUT2D eigenvalue weighted by molar-refractivity contribution is 0.594. The van der Waals surface area contributed by atoms with Crippen LogP contribution in [0.5, 0.6) is 0 Å². The minimum absolute atomic E-state index is 0.0798. The Labute approximate surface area is 98.1 Å². The van der Waals surface area contributed by atoms with Gasteiger partial charge in [-0.05, 0) is 19.1 Å². The van der Waals surface area contributed by atoms with Gasteiger partial charge in [-0.2, -0.15) is 0 Å². The fraction of sp³-hybridized carbons (Fsp3) is 0.0909. The van der Waals surface area contributed by atoms with E-state index in [-0.39, 0.29) is 9.79 Å². The molecule has 0 saturated heterocycles. The summed E-state index contributed by atoms with van der Waals surface area (Å²) in [6.07, 6.45) is 1.08. The topological polar surface area (TPSA) is 79.9 Å². The number of aryl methyl sites for hydroxylation is 1. The van der Waals surface area contributed by atoms with Crippen LogP contribution in [-0.2, 0) is 9.84 Å². The number of rotatable bonds is 2. The largest absolute Gasteiger partial charge is 0.310 e. The Morgan fingerprint density at radius 3 is 2.41 bits per heavy atom. The van der Waals surface area contributed by atoms with Gasteiger partial charge in [-0.1, -0.05) is 18.2 Å². The number of sulfone groups is 1. The first-order valence-corrected chi connectivity index (χ1v) is 6.36. The van der Waals surface area contributed by atoms with Crippen molar-refractivity contribution in [1.82, 2.24) is 9.97 Å². The summed E-state index contributed by atoms with van der Waals surface area (Å²) in [6.45, 7) is 1.58. The van der Waals surface area contributed by atoms with E-state index in [9.17, 15) is 13.2 Å². The Hall–Kier alpha value is -1.95. The summed E-state index contributed by atoms with van der Waals surface area (Å²) in [4.78, 5) is 17.5. The van der Waals surface area contributed by atoms with Crippen LogP contribution in [0.3, 0.4) is 0 Å². The third-order valence-corrected chi connectivity index (χ3v) is 4.00. The molecule has 1 heterocycles. The molecule has 0 aliphatic heterocycles. The van der Waals surface area contributed by atoms with Crippen molar-refractivity contribution in [1.29, 1.82) is 0 Å².